The van der Waals surface area contributed by atoms with Gasteiger partial charge < -0.3 is 10.5 Å². The molecule has 0 aliphatic heterocycles. The van der Waals surface area contributed by atoms with Crippen LogP contribution < -0.4 is 10.5 Å². The lowest BCUT2D eigenvalue weighted by Gasteiger charge is -2.13. The summed E-state index contributed by atoms with van der Waals surface area (Å²) < 4.78 is 6.60. The van der Waals surface area contributed by atoms with Crippen LogP contribution in [0.2, 0.25) is 0 Å². The SMILES string of the molecule is N#CCC1(COc2cc(N)cc(Br)c2)CC1. The molecule has 84 valence electrons. The predicted octanol–water partition coefficient (Wildman–Crippen LogP) is 3.10. The average molecular weight is 281 g/mol. The van der Waals surface area contributed by atoms with E-state index in [2.05, 4.69) is 22.0 Å². The second kappa shape index (κ2) is 4.34. The largest absolute Gasteiger partial charge is 0.493 e. The van der Waals surface area contributed by atoms with Gasteiger partial charge in [0.1, 0.15) is 5.75 Å². The monoisotopic (exact) mass is 280 g/mol. The first-order valence-electron chi connectivity index (χ1n) is 5.19. The summed E-state index contributed by atoms with van der Waals surface area (Å²) in [5.41, 5.74) is 6.49. The molecule has 0 radical (unpaired) electrons. The van der Waals surface area contributed by atoms with E-state index < -0.39 is 0 Å². The predicted molar refractivity (Wildman–Crippen MR) is 65.9 cm³/mol. The molecule has 16 heavy (non-hydrogen) atoms. The van der Waals surface area contributed by atoms with Gasteiger partial charge in [-0.3, -0.25) is 0 Å². The number of nitrogen functional groups attached to an aromatic ring is 1. The highest BCUT2D eigenvalue weighted by Crippen LogP contribution is 2.48. The van der Waals surface area contributed by atoms with Crippen LogP contribution in [0.15, 0.2) is 22.7 Å². The van der Waals surface area contributed by atoms with Gasteiger partial charge in [-0.1, -0.05) is 15.9 Å². The first kappa shape index (κ1) is 11.3. The smallest absolute Gasteiger partial charge is 0.122 e. The first-order valence-corrected chi connectivity index (χ1v) is 5.99. The summed E-state index contributed by atoms with van der Waals surface area (Å²) in [4.78, 5) is 0. The van der Waals surface area contributed by atoms with Crippen molar-refractivity contribution < 1.29 is 4.74 Å². The Morgan fingerprint density at radius 3 is 2.75 bits per heavy atom. The van der Waals surface area contributed by atoms with E-state index in [4.69, 9.17) is 15.7 Å². The Morgan fingerprint density at radius 1 is 1.44 bits per heavy atom. The van der Waals surface area contributed by atoms with Gasteiger partial charge >= 0.3 is 0 Å². The van der Waals surface area contributed by atoms with Crippen molar-refractivity contribution >= 4 is 21.6 Å². The van der Waals surface area contributed by atoms with Crippen LogP contribution in [0.25, 0.3) is 0 Å². The molecule has 1 aromatic rings. The summed E-state index contributed by atoms with van der Waals surface area (Å²) in [5, 5.41) is 8.69. The fourth-order valence-electron chi connectivity index (χ4n) is 1.62. The maximum absolute atomic E-state index is 8.69. The zero-order chi connectivity index (χ0) is 11.6. The molecule has 2 rings (SSSR count). The van der Waals surface area contributed by atoms with Crippen molar-refractivity contribution in [2.75, 3.05) is 12.3 Å². The van der Waals surface area contributed by atoms with Crippen molar-refractivity contribution in [3.8, 4) is 11.8 Å². The van der Waals surface area contributed by atoms with Crippen LogP contribution in [0, 0.1) is 16.7 Å². The molecule has 1 aliphatic carbocycles. The van der Waals surface area contributed by atoms with Crippen molar-refractivity contribution in [1.82, 2.24) is 0 Å². The van der Waals surface area contributed by atoms with Crippen LogP contribution in [-0.2, 0) is 0 Å². The number of nitrogens with two attached hydrogens (primary N) is 1. The Labute approximate surface area is 103 Å². The molecule has 0 aromatic heterocycles. The molecule has 1 aliphatic rings. The molecule has 0 bridgehead atoms. The molecule has 1 fully saturated rings. The van der Waals surface area contributed by atoms with Gasteiger partial charge in [-0.05, 0) is 25.0 Å². The van der Waals surface area contributed by atoms with E-state index in [1.165, 1.54) is 0 Å². The Bertz CT molecular complexity index is 415. The average Bonchev–Trinajstić information content (AvgIpc) is 2.95. The minimum atomic E-state index is 0.103. The van der Waals surface area contributed by atoms with Gasteiger partial charge in [0.05, 0.1) is 12.7 Å². The van der Waals surface area contributed by atoms with Gasteiger partial charge in [0.2, 0.25) is 0 Å². The highest BCUT2D eigenvalue weighted by molar-refractivity contribution is 9.10. The van der Waals surface area contributed by atoms with Gasteiger partial charge in [-0.2, -0.15) is 5.26 Å². The standard InChI is InChI=1S/C12H13BrN2O/c13-9-5-10(15)7-11(6-9)16-8-12(1-2-12)3-4-14/h5-7H,1-3,8,15H2. The molecular formula is C12H13BrN2O. The van der Waals surface area contributed by atoms with Crippen LogP contribution >= 0.6 is 15.9 Å². The van der Waals surface area contributed by atoms with Gasteiger partial charge in [-0.15, -0.1) is 0 Å². The highest BCUT2D eigenvalue weighted by Gasteiger charge is 2.43. The van der Waals surface area contributed by atoms with Gasteiger partial charge in [0.25, 0.3) is 0 Å². The van der Waals surface area contributed by atoms with E-state index in [0.717, 1.165) is 23.1 Å². The number of rotatable bonds is 4. The number of benzene rings is 1. The molecule has 2 N–H and O–H groups in total. The third kappa shape index (κ3) is 2.67. The fourth-order valence-corrected chi connectivity index (χ4v) is 2.11. The number of halogens is 1. The highest BCUT2D eigenvalue weighted by atomic mass is 79.9. The number of nitrogens with zero attached hydrogens (tertiary/aromatic N) is 1. The van der Waals surface area contributed by atoms with Gasteiger partial charge in [0, 0.05) is 28.1 Å². The number of ether oxygens (including phenoxy) is 1. The normalized spacial score (nSPS) is 16.5. The Balaban J connectivity index is 1.97. The number of hydrogen-bond donors (Lipinski definition) is 1. The van der Waals surface area contributed by atoms with Crippen molar-refractivity contribution in [1.29, 1.82) is 5.26 Å². The van der Waals surface area contributed by atoms with Crippen LogP contribution in [0.1, 0.15) is 19.3 Å². The second-order valence-electron chi connectivity index (χ2n) is 4.34. The van der Waals surface area contributed by atoms with Crippen LogP contribution in [0.3, 0.4) is 0 Å². The maximum Gasteiger partial charge on any atom is 0.122 e. The van der Waals surface area contributed by atoms with Crippen molar-refractivity contribution in [2.24, 2.45) is 5.41 Å². The number of nitriles is 1. The van der Waals surface area contributed by atoms with E-state index in [1.807, 2.05) is 12.1 Å². The fraction of sp³-hybridized carbons (Fsp3) is 0.417. The minimum absolute atomic E-state index is 0.103. The maximum atomic E-state index is 8.69. The number of hydrogen-bond acceptors (Lipinski definition) is 3. The molecule has 0 unspecified atom stereocenters. The molecule has 0 heterocycles. The zero-order valence-corrected chi connectivity index (χ0v) is 10.5. The molecule has 1 aromatic carbocycles. The Hall–Kier alpha value is -1.21. The van der Waals surface area contributed by atoms with Crippen molar-refractivity contribution in [3.05, 3.63) is 22.7 Å². The van der Waals surface area contributed by atoms with E-state index in [1.54, 1.807) is 6.07 Å². The quantitative estimate of drug-likeness (QED) is 0.863. The van der Waals surface area contributed by atoms with Crippen molar-refractivity contribution in [2.45, 2.75) is 19.3 Å². The Kier molecular flexibility index (Phi) is 3.06. The van der Waals surface area contributed by atoms with Gasteiger partial charge in [-0.25, -0.2) is 0 Å². The lowest BCUT2D eigenvalue weighted by Crippen LogP contribution is -2.12. The number of anilines is 1. The zero-order valence-electron chi connectivity index (χ0n) is 8.87. The molecule has 0 saturated heterocycles. The molecule has 1 saturated carbocycles. The van der Waals surface area contributed by atoms with E-state index in [0.29, 0.717) is 18.7 Å². The van der Waals surface area contributed by atoms with E-state index >= 15 is 0 Å². The molecule has 0 spiro atoms. The minimum Gasteiger partial charge on any atom is -0.493 e. The lowest BCUT2D eigenvalue weighted by atomic mass is 10.1. The van der Waals surface area contributed by atoms with Crippen LogP contribution in [0.4, 0.5) is 5.69 Å². The third-order valence-electron chi connectivity index (χ3n) is 2.85. The molecular weight excluding hydrogens is 268 g/mol. The Morgan fingerprint density at radius 2 is 2.19 bits per heavy atom. The van der Waals surface area contributed by atoms with Crippen LogP contribution in [-0.4, -0.2) is 6.61 Å². The van der Waals surface area contributed by atoms with Crippen molar-refractivity contribution in [3.63, 3.8) is 0 Å². The molecule has 4 heteroatoms. The molecule has 3 nitrogen and oxygen atoms in total. The summed E-state index contributed by atoms with van der Waals surface area (Å²) in [6.07, 6.45) is 2.75. The third-order valence-corrected chi connectivity index (χ3v) is 3.31. The summed E-state index contributed by atoms with van der Waals surface area (Å²) in [5.74, 6) is 0.760. The molecule has 0 amide bonds. The lowest BCUT2D eigenvalue weighted by molar-refractivity contribution is 0.237. The first-order chi connectivity index (χ1) is 7.63. The van der Waals surface area contributed by atoms with E-state index in [-0.39, 0.29) is 5.41 Å². The second-order valence-corrected chi connectivity index (χ2v) is 5.26. The van der Waals surface area contributed by atoms with E-state index in [9.17, 15) is 0 Å². The topological polar surface area (TPSA) is 59.0 Å². The van der Waals surface area contributed by atoms with Crippen LogP contribution in [0.5, 0.6) is 5.75 Å². The van der Waals surface area contributed by atoms with Gasteiger partial charge in [0.15, 0.2) is 0 Å². The summed E-state index contributed by atoms with van der Waals surface area (Å²) >= 11 is 3.37. The summed E-state index contributed by atoms with van der Waals surface area (Å²) in [6.45, 7) is 0.608. The summed E-state index contributed by atoms with van der Waals surface area (Å²) in [6, 6.07) is 7.73. The summed E-state index contributed by atoms with van der Waals surface area (Å²) in [7, 11) is 0. The molecule has 0 atom stereocenters.